The van der Waals surface area contributed by atoms with Crippen LogP contribution >= 0.6 is 0 Å². The highest BCUT2D eigenvalue weighted by molar-refractivity contribution is 5.95. The van der Waals surface area contributed by atoms with Gasteiger partial charge >= 0.3 is 0 Å². The molecule has 0 heterocycles. The van der Waals surface area contributed by atoms with Crippen molar-refractivity contribution in [2.45, 2.75) is 18.3 Å². The van der Waals surface area contributed by atoms with E-state index in [2.05, 4.69) is 51.1 Å². The smallest absolute Gasteiger partial charge is 0.243 e. The lowest BCUT2D eigenvalue weighted by Gasteiger charge is -2.19. The van der Waals surface area contributed by atoms with Gasteiger partial charge < -0.3 is 16.0 Å². The van der Waals surface area contributed by atoms with Gasteiger partial charge in [0.25, 0.3) is 0 Å². The lowest BCUT2D eigenvalue weighted by Crippen LogP contribution is -2.44. The maximum atomic E-state index is 12.2. The largest absolute Gasteiger partial charge is 0.356 e. The van der Waals surface area contributed by atoms with Crippen LogP contribution < -0.4 is 16.0 Å². The zero-order valence-corrected chi connectivity index (χ0v) is 15.5. The first-order valence-corrected chi connectivity index (χ1v) is 9.02. The van der Waals surface area contributed by atoms with Crippen LogP contribution in [0.25, 0.3) is 0 Å². The van der Waals surface area contributed by atoms with Crippen LogP contribution in [0.2, 0.25) is 0 Å². The number of guanidine groups is 1. The molecule has 0 bridgehead atoms. The molecule has 0 radical (unpaired) electrons. The van der Waals surface area contributed by atoms with Gasteiger partial charge in [0, 0.05) is 30.3 Å². The number of aliphatic imine (C=N–C) groups is 1. The summed E-state index contributed by atoms with van der Waals surface area (Å²) in [6.07, 6.45) is 7.70. The van der Waals surface area contributed by atoms with Gasteiger partial charge in [0.05, 0.1) is 6.54 Å². The molecular weight excluding hydrogens is 336 g/mol. The monoisotopic (exact) mass is 360 g/mol. The SMILES string of the molecule is C#Cc1cccc(NC(=O)CNC(=NC)NCC2(c3ccccc3)CC2)c1. The number of benzene rings is 2. The normalized spacial score (nSPS) is 14.7. The molecule has 138 valence electrons. The Morgan fingerprint density at radius 3 is 2.59 bits per heavy atom. The molecule has 1 saturated carbocycles. The second kappa shape index (κ2) is 8.41. The quantitative estimate of drug-likeness (QED) is 0.421. The van der Waals surface area contributed by atoms with Gasteiger partial charge in [0.1, 0.15) is 0 Å². The zero-order valence-electron chi connectivity index (χ0n) is 15.5. The van der Waals surface area contributed by atoms with E-state index in [0.717, 1.165) is 24.9 Å². The summed E-state index contributed by atoms with van der Waals surface area (Å²) in [5.41, 5.74) is 2.94. The molecule has 0 aliphatic heterocycles. The van der Waals surface area contributed by atoms with E-state index in [1.54, 1.807) is 13.1 Å². The molecule has 5 nitrogen and oxygen atoms in total. The first-order valence-electron chi connectivity index (χ1n) is 9.02. The summed E-state index contributed by atoms with van der Waals surface area (Å²) < 4.78 is 0. The van der Waals surface area contributed by atoms with Gasteiger partial charge in [-0.1, -0.05) is 42.3 Å². The number of nitrogens with zero attached hydrogens (tertiary/aromatic N) is 1. The molecule has 0 spiro atoms. The Morgan fingerprint density at radius 2 is 1.93 bits per heavy atom. The summed E-state index contributed by atoms with van der Waals surface area (Å²) >= 11 is 0. The van der Waals surface area contributed by atoms with Crippen molar-refractivity contribution in [3.8, 4) is 12.3 Å². The molecule has 27 heavy (non-hydrogen) atoms. The van der Waals surface area contributed by atoms with Crippen molar-refractivity contribution in [1.29, 1.82) is 0 Å². The molecule has 3 N–H and O–H groups in total. The maximum absolute atomic E-state index is 12.2. The number of rotatable bonds is 6. The minimum Gasteiger partial charge on any atom is -0.356 e. The zero-order chi connectivity index (χ0) is 19.1. The van der Waals surface area contributed by atoms with Gasteiger partial charge in [-0.05, 0) is 36.6 Å². The predicted octanol–water partition coefficient (Wildman–Crippen LogP) is 2.50. The maximum Gasteiger partial charge on any atom is 0.243 e. The first kappa shape index (κ1) is 18.5. The number of anilines is 1. The van der Waals surface area contributed by atoms with Crippen molar-refractivity contribution >= 4 is 17.6 Å². The van der Waals surface area contributed by atoms with Crippen molar-refractivity contribution in [2.24, 2.45) is 4.99 Å². The van der Waals surface area contributed by atoms with Crippen molar-refractivity contribution in [3.63, 3.8) is 0 Å². The molecule has 2 aromatic carbocycles. The van der Waals surface area contributed by atoms with Crippen LogP contribution in [0.5, 0.6) is 0 Å². The van der Waals surface area contributed by atoms with E-state index in [4.69, 9.17) is 6.42 Å². The Hall–Kier alpha value is -3.26. The van der Waals surface area contributed by atoms with E-state index in [1.165, 1.54) is 5.56 Å². The molecule has 1 aliphatic rings. The average molecular weight is 360 g/mol. The molecule has 1 fully saturated rings. The summed E-state index contributed by atoms with van der Waals surface area (Å²) in [4.78, 5) is 16.4. The number of carbonyl (C=O) groups is 1. The van der Waals surface area contributed by atoms with Crippen LogP contribution in [0.3, 0.4) is 0 Å². The van der Waals surface area contributed by atoms with Gasteiger partial charge in [-0.2, -0.15) is 0 Å². The van der Waals surface area contributed by atoms with Crippen LogP contribution in [0.1, 0.15) is 24.0 Å². The summed E-state index contributed by atoms with van der Waals surface area (Å²) in [5, 5.41) is 9.22. The van der Waals surface area contributed by atoms with Crippen molar-refractivity contribution < 1.29 is 4.79 Å². The molecule has 1 amide bonds. The van der Waals surface area contributed by atoms with Crippen molar-refractivity contribution in [3.05, 3.63) is 65.7 Å². The van der Waals surface area contributed by atoms with Crippen molar-refractivity contribution in [1.82, 2.24) is 10.6 Å². The fraction of sp³-hybridized carbons (Fsp3) is 0.273. The summed E-state index contributed by atoms with van der Waals surface area (Å²) in [6, 6.07) is 17.7. The van der Waals surface area contributed by atoms with Gasteiger partial charge in [0.2, 0.25) is 5.91 Å². The summed E-state index contributed by atoms with van der Waals surface area (Å²) in [7, 11) is 1.70. The standard InChI is InChI=1S/C22H24N4O/c1-3-17-8-7-11-19(14-17)26-20(27)15-24-21(23-2)25-16-22(12-13-22)18-9-5-4-6-10-18/h1,4-11,14H,12-13,15-16H2,2H3,(H,26,27)(H2,23,24,25). The number of nitrogens with one attached hydrogen (secondary N) is 3. The Kier molecular flexibility index (Phi) is 5.77. The molecule has 2 aromatic rings. The predicted molar refractivity (Wildman–Crippen MR) is 110 cm³/mol. The third kappa shape index (κ3) is 4.89. The molecule has 3 rings (SSSR count). The lowest BCUT2D eigenvalue weighted by molar-refractivity contribution is -0.115. The number of terminal acetylenes is 1. The van der Waals surface area contributed by atoms with Gasteiger partial charge in [0.15, 0.2) is 5.96 Å². The summed E-state index contributed by atoms with van der Waals surface area (Å²) in [5.74, 6) is 3.01. The third-order valence-electron chi connectivity index (χ3n) is 4.79. The van der Waals surface area contributed by atoms with E-state index in [0.29, 0.717) is 11.6 Å². The lowest BCUT2D eigenvalue weighted by atomic mass is 9.96. The highest BCUT2D eigenvalue weighted by Crippen LogP contribution is 2.47. The second-order valence-corrected chi connectivity index (χ2v) is 6.70. The van der Waals surface area contributed by atoms with E-state index in [1.807, 2.05) is 24.3 Å². The minimum absolute atomic E-state index is 0.123. The fourth-order valence-electron chi connectivity index (χ4n) is 3.04. The van der Waals surface area contributed by atoms with Gasteiger partial charge in [-0.3, -0.25) is 9.79 Å². The van der Waals surface area contributed by atoms with Crippen LogP contribution in [0, 0.1) is 12.3 Å². The number of hydrogen-bond donors (Lipinski definition) is 3. The molecule has 5 heteroatoms. The van der Waals surface area contributed by atoms with Gasteiger partial charge in [-0.15, -0.1) is 6.42 Å². The second-order valence-electron chi connectivity index (χ2n) is 6.70. The molecular formula is C22H24N4O. The Morgan fingerprint density at radius 1 is 1.15 bits per heavy atom. The minimum atomic E-state index is -0.156. The molecule has 0 saturated heterocycles. The fourth-order valence-corrected chi connectivity index (χ4v) is 3.04. The molecule has 0 aromatic heterocycles. The van der Waals surface area contributed by atoms with E-state index in [9.17, 15) is 4.79 Å². The van der Waals surface area contributed by atoms with E-state index in [-0.39, 0.29) is 17.9 Å². The van der Waals surface area contributed by atoms with Crippen molar-refractivity contribution in [2.75, 3.05) is 25.5 Å². The topological polar surface area (TPSA) is 65.5 Å². The number of carbonyl (C=O) groups excluding carboxylic acids is 1. The summed E-state index contributed by atoms with van der Waals surface area (Å²) in [6.45, 7) is 0.917. The van der Waals surface area contributed by atoms with E-state index < -0.39 is 0 Å². The average Bonchev–Trinajstić information content (AvgIpc) is 3.50. The Balaban J connectivity index is 1.48. The van der Waals surface area contributed by atoms with Gasteiger partial charge in [-0.25, -0.2) is 0 Å². The highest BCUT2D eigenvalue weighted by atomic mass is 16.1. The molecule has 0 unspecified atom stereocenters. The highest BCUT2D eigenvalue weighted by Gasteiger charge is 2.43. The Labute approximate surface area is 160 Å². The number of hydrogen-bond acceptors (Lipinski definition) is 2. The van der Waals surface area contributed by atoms with Crippen LogP contribution in [-0.2, 0) is 10.2 Å². The number of amides is 1. The molecule has 0 atom stereocenters. The Bertz CT molecular complexity index is 863. The van der Waals surface area contributed by atoms with Crippen LogP contribution in [0.4, 0.5) is 5.69 Å². The molecule has 1 aliphatic carbocycles. The van der Waals surface area contributed by atoms with Crippen LogP contribution in [0.15, 0.2) is 59.6 Å². The van der Waals surface area contributed by atoms with Crippen LogP contribution in [-0.4, -0.2) is 32.0 Å². The van der Waals surface area contributed by atoms with E-state index >= 15 is 0 Å². The third-order valence-corrected chi connectivity index (χ3v) is 4.79. The first-order chi connectivity index (χ1) is 13.1.